The molecule has 0 saturated heterocycles. The lowest BCUT2D eigenvalue weighted by molar-refractivity contribution is 0.268. The molecule has 0 rings (SSSR count). The van der Waals surface area contributed by atoms with Gasteiger partial charge in [0.1, 0.15) is 11.5 Å². The van der Waals surface area contributed by atoms with Crippen LogP contribution in [0.4, 0.5) is 0 Å². The first-order valence-electron chi connectivity index (χ1n) is 3.69. The van der Waals surface area contributed by atoms with E-state index in [0.717, 1.165) is 0 Å². The molecule has 0 radical (unpaired) electrons. The largest absolute Gasteiger partial charge is 0.304 e. The zero-order chi connectivity index (χ0) is 12.8. The van der Waals surface area contributed by atoms with Crippen LogP contribution in [0, 0.1) is 0 Å². The van der Waals surface area contributed by atoms with Gasteiger partial charge in [0.15, 0.2) is 0 Å². The first-order chi connectivity index (χ1) is 7.10. The van der Waals surface area contributed by atoms with E-state index in [0.29, 0.717) is 0 Å². The van der Waals surface area contributed by atoms with Crippen LogP contribution in [-0.2, 0) is 40.0 Å². The van der Waals surface area contributed by atoms with Gasteiger partial charge in [-0.1, -0.05) is 0 Å². The third-order valence-corrected chi connectivity index (χ3v) is 3.13. The summed E-state index contributed by atoms with van der Waals surface area (Å²) in [6.07, 6.45) is 0. The molecule has 0 aliphatic rings. The van der Waals surface area contributed by atoms with Gasteiger partial charge in [0.05, 0.1) is 13.2 Å². The van der Waals surface area contributed by atoms with Gasteiger partial charge >= 0.3 is 11.4 Å². The van der Waals surface area contributed by atoms with E-state index in [1.54, 1.807) is 0 Å². The van der Waals surface area contributed by atoms with Crippen LogP contribution in [0.2, 0.25) is 0 Å². The fraction of sp³-hybridized carbons (Fsp3) is 1.00. The van der Waals surface area contributed by atoms with Crippen LogP contribution in [-0.4, -0.2) is 54.9 Å². The van der Waals surface area contributed by atoms with E-state index in [4.69, 9.17) is 9.11 Å². The van der Waals surface area contributed by atoms with Crippen LogP contribution in [0.5, 0.6) is 0 Å². The van der Waals surface area contributed by atoms with Crippen LogP contribution >= 0.6 is 0 Å². The quantitative estimate of drug-likeness (QED) is 0.504. The van der Waals surface area contributed by atoms with Crippen LogP contribution < -0.4 is 0 Å². The highest BCUT2D eigenvalue weighted by molar-refractivity contribution is 7.86. The second-order valence-electron chi connectivity index (χ2n) is 2.42. The van der Waals surface area contributed by atoms with Crippen molar-refractivity contribution in [3.63, 3.8) is 0 Å². The Morgan fingerprint density at radius 1 is 0.875 bits per heavy atom. The Morgan fingerprint density at radius 2 is 1.19 bits per heavy atom. The normalized spacial score (nSPS) is 13.2. The van der Waals surface area contributed by atoms with Crippen LogP contribution in [0.3, 0.4) is 0 Å². The molecule has 0 amide bonds. The van der Waals surface area contributed by atoms with E-state index in [1.165, 1.54) is 0 Å². The predicted molar refractivity (Wildman–Crippen MR) is 52.9 cm³/mol. The molecule has 0 bridgehead atoms. The number of rotatable bonds is 8. The molecule has 0 saturated carbocycles. The van der Waals surface area contributed by atoms with Gasteiger partial charge in [-0.25, -0.2) is 0 Å². The predicted octanol–water partition coefficient (Wildman–Crippen LogP) is -1.63. The van der Waals surface area contributed by atoms with E-state index in [2.05, 4.69) is 8.37 Å². The molecule has 0 fully saturated rings. The molecule has 0 aromatic carbocycles. The van der Waals surface area contributed by atoms with Gasteiger partial charge in [-0.05, 0) is 0 Å². The summed E-state index contributed by atoms with van der Waals surface area (Å²) >= 11 is -2.34. The van der Waals surface area contributed by atoms with Crippen molar-refractivity contribution in [1.29, 1.82) is 0 Å². The number of hydrogen-bond acceptors (Lipinski definition) is 7. The maximum atomic E-state index is 10.7. The first kappa shape index (κ1) is 15.9. The van der Waals surface area contributed by atoms with Crippen molar-refractivity contribution in [2.45, 2.75) is 0 Å². The van der Waals surface area contributed by atoms with E-state index in [-0.39, 0.29) is 0 Å². The van der Waals surface area contributed by atoms with Crippen LogP contribution in [0.25, 0.3) is 0 Å². The van der Waals surface area contributed by atoms with Crippen LogP contribution in [0.1, 0.15) is 0 Å². The Kier molecular flexibility index (Phi) is 6.54. The maximum Gasteiger partial charge on any atom is 0.304 e. The second-order valence-corrected chi connectivity index (χ2v) is 6.44. The van der Waals surface area contributed by atoms with Gasteiger partial charge in [-0.15, -0.1) is 0 Å². The Morgan fingerprint density at radius 3 is 1.44 bits per heavy atom. The molecule has 9 nitrogen and oxygen atoms in total. The molecule has 0 unspecified atom stereocenters. The highest BCUT2D eigenvalue weighted by Gasteiger charge is 2.09. The van der Waals surface area contributed by atoms with Crippen LogP contribution in [0.15, 0.2) is 0 Å². The SMILES string of the molecule is O=S(OCCS(=O)(=O)O)OCCS(=O)(=O)O. The topological polar surface area (TPSA) is 144 Å². The highest BCUT2D eigenvalue weighted by Crippen LogP contribution is 1.93. The lowest BCUT2D eigenvalue weighted by atomic mass is 10.9. The minimum Gasteiger partial charge on any atom is -0.285 e. The Balaban J connectivity index is 3.69. The number of hydrogen-bond donors (Lipinski definition) is 2. The van der Waals surface area contributed by atoms with Gasteiger partial charge in [0.2, 0.25) is 0 Å². The zero-order valence-corrected chi connectivity index (χ0v) is 10.3. The van der Waals surface area contributed by atoms with Crippen molar-refractivity contribution < 1.29 is 38.5 Å². The zero-order valence-electron chi connectivity index (χ0n) is 7.81. The fourth-order valence-corrected chi connectivity index (χ4v) is 1.75. The Labute approximate surface area is 95.1 Å². The smallest absolute Gasteiger partial charge is 0.285 e. The van der Waals surface area contributed by atoms with Gasteiger partial charge in [-0.2, -0.15) is 21.0 Å². The molecule has 0 atom stereocenters. The third-order valence-electron chi connectivity index (χ3n) is 1.04. The Bertz CT molecular complexity index is 380. The van der Waals surface area contributed by atoms with Gasteiger partial charge in [0, 0.05) is 0 Å². The van der Waals surface area contributed by atoms with Crippen molar-refractivity contribution in [1.82, 2.24) is 0 Å². The third kappa shape index (κ3) is 12.0. The average Bonchev–Trinajstić information content (AvgIpc) is 1.98. The molecule has 0 aliphatic carbocycles. The first-order valence-corrected chi connectivity index (χ1v) is 7.90. The van der Waals surface area contributed by atoms with E-state index in [1.807, 2.05) is 0 Å². The minimum absolute atomic E-state index is 0.572. The van der Waals surface area contributed by atoms with Crippen molar-refractivity contribution in [2.75, 3.05) is 24.7 Å². The molecule has 0 spiro atoms. The summed E-state index contributed by atoms with van der Waals surface area (Å²) in [4.78, 5) is 0. The van der Waals surface area contributed by atoms with E-state index < -0.39 is 56.3 Å². The molecule has 12 heteroatoms. The summed E-state index contributed by atoms with van der Waals surface area (Å²) in [6, 6.07) is 0. The van der Waals surface area contributed by atoms with Crippen molar-refractivity contribution in [2.24, 2.45) is 0 Å². The second kappa shape index (κ2) is 6.58. The summed E-state index contributed by atoms with van der Waals surface area (Å²) in [5.41, 5.74) is 0. The molecule has 2 N–H and O–H groups in total. The van der Waals surface area contributed by atoms with E-state index in [9.17, 15) is 21.0 Å². The summed E-state index contributed by atoms with van der Waals surface area (Å²) in [5.74, 6) is -1.53. The fourth-order valence-electron chi connectivity index (χ4n) is 0.449. The minimum atomic E-state index is -4.21. The summed E-state index contributed by atoms with van der Waals surface area (Å²) in [6.45, 7) is -1.14. The van der Waals surface area contributed by atoms with Gasteiger partial charge in [-0.3, -0.25) is 17.5 Å². The molecule has 16 heavy (non-hydrogen) atoms. The highest BCUT2D eigenvalue weighted by atomic mass is 32.2. The maximum absolute atomic E-state index is 10.7. The van der Waals surface area contributed by atoms with Crippen molar-refractivity contribution >= 4 is 31.6 Å². The summed E-state index contributed by atoms with van der Waals surface area (Å²) < 4.78 is 76.5. The molecule has 98 valence electrons. The van der Waals surface area contributed by atoms with Gasteiger partial charge in [0.25, 0.3) is 20.2 Å². The van der Waals surface area contributed by atoms with E-state index >= 15 is 0 Å². The molecule has 0 aliphatic heterocycles. The van der Waals surface area contributed by atoms with Crippen molar-refractivity contribution in [3.05, 3.63) is 0 Å². The molecule has 0 heterocycles. The molecule has 0 aromatic heterocycles. The monoisotopic (exact) mass is 298 g/mol. The standard InChI is InChI=1S/C4H10O9S3/c5-14(12-1-3-15(6,7)8)13-2-4-16(9,10)11/h1-4H2,(H,6,7,8)(H,9,10,11). The van der Waals surface area contributed by atoms with Gasteiger partial charge < -0.3 is 0 Å². The van der Waals surface area contributed by atoms with Crippen molar-refractivity contribution in [3.8, 4) is 0 Å². The summed E-state index contributed by atoms with van der Waals surface area (Å²) in [5, 5.41) is 0. The summed E-state index contributed by atoms with van der Waals surface area (Å²) in [7, 11) is -8.43. The molecular formula is C4H10O9S3. The average molecular weight is 298 g/mol. The molecular weight excluding hydrogens is 288 g/mol. The lowest BCUT2D eigenvalue weighted by Crippen LogP contribution is -2.16. The molecule has 0 aromatic rings. The Hall–Kier alpha value is -0.110. The lowest BCUT2D eigenvalue weighted by Gasteiger charge is -2.01.